The molecule has 1 N–H and O–H groups in total. The van der Waals surface area contributed by atoms with Crippen LogP contribution in [0.15, 0.2) is 146 Å². The number of rotatable bonds is 10. The molecule has 0 radical (unpaired) electrons. The summed E-state index contributed by atoms with van der Waals surface area (Å²) in [5.74, 6) is 3.30. The minimum Gasteiger partial charge on any atom is -0.497 e. The Bertz CT molecular complexity index is 2720. The third-order valence-corrected chi connectivity index (χ3v) is 10.6. The standard InChI is InChI=1S/C25H20Cl2N2O.C24H18Cl2N2O/c1-29-16-24(22-13-10-20(26)15-23(22)27)28-25(29)14-5-17-3-6-18(7-4-17)19-8-11-21(30-2)12-9-19;1-29-20-10-7-18(8-11-20)17-5-2-16(3-6-17)4-13-24-27-15-23(28-24)21-12-9-19(25)14-22(21)26/h3-16H,1-2H3;2-15H,1H3,(H,27,28). The maximum absolute atomic E-state index is 6.32. The van der Waals surface area contributed by atoms with E-state index in [1.165, 1.54) is 0 Å². The molecule has 0 amide bonds. The summed E-state index contributed by atoms with van der Waals surface area (Å²) >= 11 is 24.6. The molecule has 0 saturated heterocycles. The first-order valence-corrected chi connectivity index (χ1v) is 20.0. The summed E-state index contributed by atoms with van der Waals surface area (Å²) in [4.78, 5) is 12.4. The number of nitrogens with zero attached hydrogens (tertiary/aromatic N) is 3. The van der Waals surface area contributed by atoms with Crippen molar-refractivity contribution in [3.05, 3.63) is 189 Å². The highest BCUT2D eigenvalue weighted by atomic mass is 35.5. The molecule has 0 fully saturated rings. The monoisotopic (exact) mass is 854 g/mol. The van der Waals surface area contributed by atoms with E-state index in [0.29, 0.717) is 20.1 Å². The Morgan fingerprint density at radius 3 is 1.47 bits per heavy atom. The number of aromatic amines is 1. The number of benzene rings is 6. The Hall–Kier alpha value is -6.02. The highest BCUT2D eigenvalue weighted by Gasteiger charge is 2.10. The van der Waals surface area contributed by atoms with Crippen molar-refractivity contribution in [3.63, 3.8) is 0 Å². The van der Waals surface area contributed by atoms with E-state index in [0.717, 1.165) is 79.0 Å². The van der Waals surface area contributed by atoms with Gasteiger partial charge in [-0.2, -0.15) is 0 Å². The third kappa shape index (κ3) is 10.5. The topological polar surface area (TPSA) is 65.0 Å². The van der Waals surface area contributed by atoms with Crippen LogP contribution in [0.4, 0.5) is 0 Å². The van der Waals surface area contributed by atoms with Gasteiger partial charge in [-0.3, -0.25) is 0 Å². The first kappa shape index (κ1) is 41.2. The smallest absolute Gasteiger partial charge is 0.133 e. The van der Waals surface area contributed by atoms with Gasteiger partial charge in [0.1, 0.15) is 23.1 Å². The summed E-state index contributed by atoms with van der Waals surface area (Å²) in [6.45, 7) is 0. The van der Waals surface area contributed by atoms with Gasteiger partial charge in [0, 0.05) is 34.4 Å². The van der Waals surface area contributed by atoms with Crippen molar-refractivity contribution >= 4 is 70.7 Å². The van der Waals surface area contributed by atoms with E-state index in [-0.39, 0.29) is 0 Å². The largest absolute Gasteiger partial charge is 0.497 e. The summed E-state index contributed by atoms with van der Waals surface area (Å²) in [7, 11) is 5.31. The predicted octanol–water partition coefficient (Wildman–Crippen LogP) is 14.5. The molecule has 0 aliphatic carbocycles. The minimum absolute atomic E-state index is 0.588. The van der Waals surface area contributed by atoms with Crippen molar-refractivity contribution in [1.82, 2.24) is 19.5 Å². The summed E-state index contributed by atoms with van der Waals surface area (Å²) in [5.41, 5.74) is 10.2. The first-order chi connectivity index (χ1) is 28.6. The van der Waals surface area contributed by atoms with Gasteiger partial charge in [0.15, 0.2) is 0 Å². The van der Waals surface area contributed by atoms with Gasteiger partial charge in [-0.25, -0.2) is 9.97 Å². The SMILES string of the molecule is COc1ccc(-c2ccc(C=Cc3nc(-c4ccc(Cl)cc4Cl)cn3C)cc2)cc1.COc1ccc(-c2ccc(C=Cc3ncc(-c4ccc(Cl)cc4Cl)[nH]3)cc2)cc1. The van der Waals surface area contributed by atoms with E-state index >= 15 is 0 Å². The summed E-state index contributed by atoms with van der Waals surface area (Å²) < 4.78 is 12.4. The number of methoxy groups -OCH3 is 2. The van der Waals surface area contributed by atoms with E-state index in [1.54, 1.807) is 32.5 Å². The molecule has 2 aromatic heterocycles. The number of aryl methyl sites for hydroxylation is 1. The average Bonchev–Trinajstić information content (AvgIpc) is 3.89. The van der Waals surface area contributed by atoms with Gasteiger partial charge in [-0.15, -0.1) is 0 Å². The van der Waals surface area contributed by atoms with Gasteiger partial charge in [-0.1, -0.05) is 131 Å². The maximum atomic E-state index is 6.32. The van der Waals surface area contributed by atoms with Gasteiger partial charge < -0.3 is 19.0 Å². The number of aromatic nitrogens is 4. The number of halogens is 4. The molecule has 59 heavy (non-hydrogen) atoms. The van der Waals surface area contributed by atoms with Crippen LogP contribution in [0.25, 0.3) is 69.1 Å². The Morgan fingerprint density at radius 1 is 0.542 bits per heavy atom. The summed E-state index contributed by atoms with van der Waals surface area (Å²) in [5, 5.41) is 2.39. The Kier molecular flexibility index (Phi) is 13.4. The van der Waals surface area contributed by atoms with Crippen molar-refractivity contribution in [3.8, 4) is 56.3 Å². The second kappa shape index (κ2) is 19.2. The van der Waals surface area contributed by atoms with Crippen LogP contribution in [-0.4, -0.2) is 33.7 Å². The fraction of sp³-hybridized carbons (Fsp3) is 0.0612. The second-order valence-corrected chi connectivity index (χ2v) is 15.1. The molecule has 0 spiro atoms. The average molecular weight is 857 g/mol. The number of hydrogen-bond donors (Lipinski definition) is 1. The van der Waals surface area contributed by atoms with Gasteiger partial charge in [-0.05, 0) is 106 Å². The molecular formula is C49H38Cl4N4O2. The van der Waals surface area contributed by atoms with Gasteiger partial charge >= 0.3 is 0 Å². The van der Waals surface area contributed by atoms with E-state index in [2.05, 4.69) is 82.8 Å². The van der Waals surface area contributed by atoms with Crippen molar-refractivity contribution in [1.29, 1.82) is 0 Å². The Balaban J connectivity index is 0.000000179. The highest BCUT2D eigenvalue weighted by Crippen LogP contribution is 2.31. The van der Waals surface area contributed by atoms with Crippen LogP contribution in [0.5, 0.6) is 11.5 Å². The number of ether oxygens (including phenoxy) is 2. The number of hydrogen-bond acceptors (Lipinski definition) is 4. The quantitative estimate of drug-likeness (QED) is 0.149. The molecule has 0 unspecified atom stereocenters. The van der Waals surface area contributed by atoms with Crippen LogP contribution < -0.4 is 9.47 Å². The lowest BCUT2D eigenvalue weighted by atomic mass is 10.0. The number of imidazole rings is 2. The van der Waals surface area contributed by atoms with Crippen LogP contribution in [0.1, 0.15) is 22.8 Å². The molecule has 8 rings (SSSR count). The predicted molar refractivity (Wildman–Crippen MR) is 247 cm³/mol. The van der Waals surface area contributed by atoms with E-state index in [1.807, 2.05) is 90.6 Å². The summed E-state index contributed by atoms with van der Waals surface area (Å²) in [6.07, 6.45) is 11.7. The molecule has 0 saturated carbocycles. The lowest BCUT2D eigenvalue weighted by Gasteiger charge is -2.04. The Morgan fingerprint density at radius 2 is 1.00 bits per heavy atom. The molecule has 8 aromatic rings. The molecule has 2 heterocycles. The van der Waals surface area contributed by atoms with Gasteiger partial charge in [0.25, 0.3) is 0 Å². The Labute approximate surface area is 364 Å². The van der Waals surface area contributed by atoms with E-state index in [4.69, 9.17) is 60.9 Å². The molecule has 10 heteroatoms. The fourth-order valence-corrected chi connectivity index (χ4v) is 7.23. The van der Waals surface area contributed by atoms with Crippen LogP contribution in [0.2, 0.25) is 20.1 Å². The molecule has 0 atom stereocenters. The lowest BCUT2D eigenvalue weighted by Crippen LogP contribution is -1.88. The molecular weight excluding hydrogens is 818 g/mol. The van der Waals surface area contributed by atoms with Crippen molar-refractivity contribution < 1.29 is 9.47 Å². The van der Waals surface area contributed by atoms with E-state index in [9.17, 15) is 0 Å². The lowest BCUT2D eigenvalue weighted by molar-refractivity contribution is 0.415. The number of nitrogens with one attached hydrogen (secondary N) is 1. The first-order valence-electron chi connectivity index (χ1n) is 18.5. The van der Waals surface area contributed by atoms with E-state index < -0.39 is 0 Å². The van der Waals surface area contributed by atoms with Gasteiger partial charge in [0.05, 0.1) is 41.8 Å². The molecule has 0 aliphatic heterocycles. The number of H-pyrrole nitrogens is 1. The molecule has 6 nitrogen and oxygen atoms in total. The zero-order chi connectivity index (χ0) is 41.3. The fourth-order valence-electron chi connectivity index (χ4n) is 6.21. The third-order valence-electron chi connectivity index (χ3n) is 9.46. The maximum Gasteiger partial charge on any atom is 0.133 e. The zero-order valence-electron chi connectivity index (χ0n) is 32.3. The van der Waals surface area contributed by atoms with Crippen LogP contribution in [0.3, 0.4) is 0 Å². The second-order valence-electron chi connectivity index (χ2n) is 13.4. The zero-order valence-corrected chi connectivity index (χ0v) is 35.4. The van der Waals surface area contributed by atoms with Crippen molar-refractivity contribution in [2.24, 2.45) is 7.05 Å². The van der Waals surface area contributed by atoms with Crippen LogP contribution >= 0.6 is 46.4 Å². The highest BCUT2D eigenvalue weighted by molar-refractivity contribution is 6.37. The molecule has 0 bridgehead atoms. The normalized spacial score (nSPS) is 11.2. The molecule has 294 valence electrons. The molecule has 6 aromatic carbocycles. The molecule has 0 aliphatic rings. The summed E-state index contributed by atoms with van der Waals surface area (Å²) in [6, 6.07) is 43.7. The van der Waals surface area contributed by atoms with Crippen molar-refractivity contribution in [2.45, 2.75) is 0 Å². The van der Waals surface area contributed by atoms with Gasteiger partial charge in [0.2, 0.25) is 0 Å². The van der Waals surface area contributed by atoms with Crippen LogP contribution in [0, 0.1) is 0 Å². The van der Waals surface area contributed by atoms with Crippen molar-refractivity contribution in [2.75, 3.05) is 14.2 Å². The van der Waals surface area contributed by atoms with Crippen LogP contribution in [-0.2, 0) is 7.05 Å². The minimum atomic E-state index is 0.588.